The van der Waals surface area contributed by atoms with Gasteiger partial charge in [0.2, 0.25) is 15.9 Å². The minimum atomic E-state index is -3.25. The van der Waals surface area contributed by atoms with Gasteiger partial charge < -0.3 is 5.32 Å². The molecular weight excluding hydrogens is 288 g/mol. The van der Waals surface area contributed by atoms with Gasteiger partial charge in [-0.3, -0.25) is 4.79 Å². The number of carbonyl (C=O) groups excluding carboxylic acids is 1. The molecule has 0 radical (unpaired) electrons. The first-order valence-electron chi connectivity index (χ1n) is 7.12. The summed E-state index contributed by atoms with van der Waals surface area (Å²) >= 11 is 0. The van der Waals surface area contributed by atoms with Crippen LogP contribution in [-0.2, 0) is 27.7 Å². The third-order valence-electron chi connectivity index (χ3n) is 3.85. The van der Waals surface area contributed by atoms with E-state index < -0.39 is 10.0 Å². The molecule has 0 spiro atoms. The molecular formula is C15H22N2O3S. The molecule has 6 heteroatoms. The lowest BCUT2D eigenvalue weighted by molar-refractivity contribution is -0.121. The minimum absolute atomic E-state index is 0.0589. The zero-order chi connectivity index (χ0) is 15.5. The van der Waals surface area contributed by atoms with Gasteiger partial charge in [-0.15, -0.1) is 0 Å². The van der Waals surface area contributed by atoms with Crippen molar-refractivity contribution in [1.82, 2.24) is 9.62 Å². The second kappa shape index (κ2) is 6.58. The van der Waals surface area contributed by atoms with Crippen LogP contribution in [0.3, 0.4) is 0 Å². The molecule has 1 N–H and O–H groups in total. The van der Waals surface area contributed by atoms with Gasteiger partial charge in [0, 0.05) is 27.1 Å². The number of sulfonamides is 1. The minimum Gasteiger partial charge on any atom is -0.355 e. The average Bonchev–Trinajstić information content (AvgIpc) is 2.80. The lowest BCUT2D eigenvalue weighted by Crippen LogP contribution is -2.34. The molecule has 0 fully saturated rings. The summed E-state index contributed by atoms with van der Waals surface area (Å²) in [6.45, 7) is 0.166. The number of hydrogen-bond donors (Lipinski definition) is 1. The monoisotopic (exact) mass is 310 g/mol. The van der Waals surface area contributed by atoms with Crippen molar-refractivity contribution >= 4 is 15.9 Å². The molecule has 1 aliphatic rings. The fourth-order valence-electron chi connectivity index (χ4n) is 2.63. The predicted octanol–water partition coefficient (Wildman–Crippen LogP) is 0.799. The van der Waals surface area contributed by atoms with E-state index in [0.717, 1.165) is 12.8 Å². The number of amides is 1. The van der Waals surface area contributed by atoms with E-state index in [4.69, 9.17) is 0 Å². The molecule has 21 heavy (non-hydrogen) atoms. The molecule has 1 aromatic rings. The van der Waals surface area contributed by atoms with Crippen molar-refractivity contribution in [3.05, 3.63) is 35.4 Å². The Labute approximate surface area is 126 Å². The van der Waals surface area contributed by atoms with Crippen molar-refractivity contribution in [2.75, 3.05) is 26.4 Å². The van der Waals surface area contributed by atoms with E-state index in [1.165, 1.54) is 29.5 Å². The van der Waals surface area contributed by atoms with Gasteiger partial charge in [-0.05, 0) is 29.9 Å². The van der Waals surface area contributed by atoms with Crippen LogP contribution < -0.4 is 5.32 Å². The van der Waals surface area contributed by atoms with Crippen molar-refractivity contribution in [1.29, 1.82) is 0 Å². The molecule has 5 nitrogen and oxygen atoms in total. The van der Waals surface area contributed by atoms with Crippen LogP contribution >= 0.6 is 0 Å². The SMILES string of the molecule is CN(C)S(=O)(=O)CCNC(=O)CC1Cc2ccccc2C1. The summed E-state index contributed by atoms with van der Waals surface area (Å²) in [5.74, 6) is 0.200. The highest BCUT2D eigenvalue weighted by Gasteiger charge is 2.23. The standard InChI is InChI=1S/C15H22N2O3S/c1-17(2)21(19,20)8-7-16-15(18)11-12-9-13-5-3-4-6-14(13)10-12/h3-6,12H,7-11H2,1-2H3,(H,16,18). The summed E-state index contributed by atoms with van der Waals surface area (Å²) in [7, 11) is -0.260. The topological polar surface area (TPSA) is 66.5 Å². The number of nitrogens with one attached hydrogen (secondary N) is 1. The number of fused-ring (bicyclic) bond motifs is 1. The van der Waals surface area contributed by atoms with Crippen LogP contribution in [0.4, 0.5) is 0 Å². The quantitative estimate of drug-likeness (QED) is 0.845. The highest BCUT2D eigenvalue weighted by atomic mass is 32.2. The first-order chi connectivity index (χ1) is 9.88. The highest BCUT2D eigenvalue weighted by molar-refractivity contribution is 7.89. The Morgan fingerprint density at radius 3 is 2.33 bits per heavy atom. The molecule has 1 amide bonds. The molecule has 0 atom stereocenters. The van der Waals surface area contributed by atoms with Crippen LogP contribution in [0.1, 0.15) is 17.5 Å². The van der Waals surface area contributed by atoms with Gasteiger partial charge in [-0.25, -0.2) is 12.7 Å². The molecule has 0 aliphatic heterocycles. The maximum absolute atomic E-state index is 11.9. The van der Waals surface area contributed by atoms with E-state index >= 15 is 0 Å². The molecule has 1 aromatic carbocycles. The Morgan fingerprint density at radius 1 is 1.24 bits per heavy atom. The van der Waals surface area contributed by atoms with Gasteiger partial charge in [-0.1, -0.05) is 24.3 Å². The molecule has 116 valence electrons. The summed E-state index contributed by atoms with van der Waals surface area (Å²) in [5.41, 5.74) is 2.65. The predicted molar refractivity (Wildman–Crippen MR) is 82.4 cm³/mol. The first-order valence-corrected chi connectivity index (χ1v) is 8.73. The molecule has 1 aliphatic carbocycles. The smallest absolute Gasteiger partial charge is 0.220 e. The lowest BCUT2D eigenvalue weighted by atomic mass is 10.0. The van der Waals surface area contributed by atoms with Crippen LogP contribution in [0.5, 0.6) is 0 Å². The number of carbonyl (C=O) groups is 1. The van der Waals surface area contributed by atoms with Crippen LogP contribution in [0.15, 0.2) is 24.3 Å². The van der Waals surface area contributed by atoms with Gasteiger partial charge in [0.15, 0.2) is 0 Å². The maximum atomic E-state index is 11.9. The zero-order valence-electron chi connectivity index (χ0n) is 12.5. The fourth-order valence-corrected chi connectivity index (χ4v) is 3.36. The van der Waals surface area contributed by atoms with Crippen molar-refractivity contribution in [3.63, 3.8) is 0 Å². The normalized spacial score (nSPS) is 15.2. The second-order valence-corrected chi connectivity index (χ2v) is 8.00. The largest absolute Gasteiger partial charge is 0.355 e. The number of hydrogen-bond acceptors (Lipinski definition) is 3. The van der Waals surface area contributed by atoms with Crippen molar-refractivity contribution in [3.8, 4) is 0 Å². The Bertz CT molecular complexity index is 586. The van der Waals surface area contributed by atoms with E-state index in [1.807, 2.05) is 12.1 Å². The summed E-state index contributed by atoms with van der Waals surface area (Å²) < 4.78 is 24.3. The number of benzene rings is 1. The third-order valence-corrected chi connectivity index (χ3v) is 5.68. The van der Waals surface area contributed by atoms with Crippen molar-refractivity contribution < 1.29 is 13.2 Å². The third kappa shape index (κ3) is 4.28. The first kappa shape index (κ1) is 16.0. The van der Waals surface area contributed by atoms with Gasteiger partial charge in [0.05, 0.1) is 5.75 Å². The van der Waals surface area contributed by atoms with E-state index in [2.05, 4.69) is 17.4 Å². The maximum Gasteiger partial charge on any atom is 0.220 e. The molecule has 0 bridgehead atoms. The van der Waals surface area contributed by atoms with Gasteiger partial charge in [0.25, 0.3) is 0 Å². The van der Waals surface area contributed by atoms with Crippen LogP contribution in [0, 0.1) is 5.92 Å². The van der Waals surface area contributed by atoms with E-state index in [1.54, 1.807) is 0 Å². The van der Waals surface area contributed by atoms with E-state index in [9.17, 15) is 13.2 Å². The Hall–Kier alpha value is -1.40. The van der Waals surface area contributed by atoms with E-state index in [-0.39, 0.29) is 18.2 Å². The molecule has 0 unspecified atom stereocenters. The van der Waals surface area contributed by atoms with Gasteiger partial charge in [0.1, 0.15) is 0 Å². The Balaban J connectivity index is 1.75. The zero-order valence-corrected chi connectivity index (χ0v) is 13.3. The molecule has 0 heterocycles. The van der Waals surface area contributed by atoms with Gasteiger partial charge >= 0.3 is 0 Å². The summed E-state index contributed by atoms with van der Waals surface area (Å²) in [6, 6.07) is 8.26. The molecule has 0 saturated carbocycles. The van der Waals surface area contributed by atoms with Crippen LogP contribution in [0.2, 0.25) is 0 Å². The van der Waals surface area contributed by atoms with Crippen LogP contribution in [-0.4, -0.2) is 45.0 Å². The fraction of sp³-hybridized carbons (Fsp3) is 0.533. The Kier molecular flexibility index (Phi) is 5.00. The summed E-state index contributed by atoms with van der Waals surface area (Å²) in [5, 5.41) is 2.70. The highest BCUT2D eigenvalue weighted by Crippen LogP contribution is 2.28. The van der Waals surface area contributed by atoms with Crippen molar-refractivity contribution in [2.24, 2.45) is 5.92 Å². The summed E-state index contributed by atoms with van der Waals surface area (Å²) in [4.78, 5) is 11.9. The molecule has 0 saturated heterocycles. The second-order valence-electron chi connectivity index (χ2n) is 5.70. The van der Waals surface area contributed by atoms with E-state index in [0.29, 0.717) is 12.3 Å². The van der Waals surface area contributed by atoms with Crippen molar-refractivity contribution in [2.45, 2.75) is 19.3 Å². The Morgan fingerprint density at radius 2 is 1.81 bits per heavy atom. The number of rotatable bonds is 6. The average molecular weight is 310 g/mol. The van der Waals surface area contributed by atoms with Crippen LogP contribution in [0.25, 0.3) is 0 Å². The molecule has 2 rings (SSSR count). The number of nitrogens with zero attached hydrogens (tertiary/aromatic N) is 1. The lowest BCUT2D eigenvalue weighted by Gasteiger charge is -2.12. The molecule has 0 aromatic heterocycles. The summed E-state index contributed by atoms with van der Waals surface area (Å²) in [6.07, 6.45) is 2.32. The van der Waals surface area contributed by atoms with Gasteiger partial charge in [-0.2, -0.15) is 0 Å².